The second-order valence-corrected chi connectivity index (χ2v) is 4.29. The second-order valence-electron chi connectivity index (χ2n) is 3.43. The molecule has 3 heteroatoms. The molecule has 0 aliphatic rings. The van der Waals surface area contributed by atoms with Crippen molar-refractivity contribution in [3.05, 3.63) is 27.7 Å². The van der Waals surface area contributed by atoms with Gasteiger partial charge in [0.05, 0.1) is 4.47 Å². The number of benzene rings is 1. The number of aryl methyl sites for hydroxylation is 1. The Morgan fingerprint density at radius 3 is 2.79 bits per heavy atom. The lowest BCUT2D eigenvalue weighted by atomic mass is 10.1. The lowest BCUT2D eigenvalue weighted by Crippen LogP contribution is -2.14. The zero-order valence-corrected chi connectivity index (χ0v) is 10.2. The zero-order chi connectivity index (χ0) is 10.6. The first-order chi connectivity index (χ1) is 6.65. The highest BCUT2D eigenvalue weighted by molar-refractivity contribution is 9.10. The Labute approximate surface area is 93.5 Å². The summed E-state index contributed by atoms with van der Waals surface area (Å²) in [6.45, 7) is 5.84. The molecular formula is C11H16BrNO. The fourth-order valence-electron chi connectivity index (χ4n) is 1.34. The van der Waals surface area contributed by atoms with Gasteiger partial charge in [-0.05, 0) is 47.4 Å². The molecule has 0 atom stereocenters. The molecule has 1 aromatic carbocycles. The van der Waals surface area contributed by atoms with Crippen LogP contribution in [0.3, 0.4) is 0 Å². The third-order valence-electron chi connectivity index (χ3n) is 2.03. The molecule has 0 saturated heterocycles. The normalized spacial score (nSPS) is 10.5. The molecule has 0 amide bonds. The maximum atomic E-state index is 9.73. The van der Waals surface area contributed by atoms with E-state index >= 15 is 0 Å². The minimum atomic E-state index is 0.346. The van der Waals surface area contributed by atoms with Crippen molar-refractivity contribution < 1.29 is 5.11 Å². The van der Waals surface area contributed by atoms with Crippen LogP contribution < -0.4 is 5.32 Å². The van der Waals surface area contributed by atoms with E-state index in [-0.39, 0.29) is 0 Å². The van der Waals surface area contributed by atoms with Crippen LogP contribution in [0.4, 0.5) is 0 Å². The highest BCUT2D eigenvalue weighted by atomic mass is 79.9. The van der Waals surface area contributed by atoms with Crippen LogP contribution in [0.2, 0.25) is 0 Å². The van der Waals surface area contributed by atoms with E-state index in [4.69, 9.17) is 0 Å². The SMILES string of the molecule is CCCNCc1cc(C)cc(Br)c1O. The third kappa shape index (κ3) is 3.00. The van der Waals surface area contributed by atoms with Gasteiger partial charge in [0.1, 0.15) is 5.75 Å². The first-order valence-electron chi connectivity index (χ1n) is 4.84. The van der Waals surface area contributed by atoms with Gasteiger partial charge in [-0.15, -0.1) is 0 Å². The molecule has 2 N–H and O–H groups in total. The minimum Gasteiger partial charge on any atom is -0.506 e. The minimum absolute atomic E-state index is 0.346. The summed E-state index contributed by atoms with van der Waals surface area (Å²) in [6.07, 6.45) is 1.10. The molecule has 0 aliphatic heterocycles. The molecule has 0 saturated carbocycles. The summed E-state index contributed by atoms with van der Waals surface area (Å²) in [5.74, 6) is 0.346. The van der Waals surface area contributed by atoms with Gasteiger partial charge in [-0.2, -0.15) is 0 Å². The fourth-order valence-corrected chi connectivity index (χ4v) is 1.96. The van der Waals surface area contributed by atoms with Gasteiger partial charge in [0.25, 0.3) is 0 Å². The Bertz CT molecular complexity index is 312. The summed E-state index contributed by atoms with van der Waals surface area (Å²) in [5, 5.41) is 13.0. The van der Waals surface area contributed by atoms with E-state index in [9.17, 15) is 5.11 Å². The highest BCUT2D eigenvalue weighted by Crippen LogP contribution is 2.29. The van der Waals surface area contributed by atoms with Crippen molar-refractivity contribution in [2.24, 2.45) is 0 Å². The number of aromatic hydroxyl groups is 1. The molecule has 14 heavy (non-hydrogen) atoms. The lowest BCUT2D eigenvalue weighted by Gasteiger charge is -2.08. The Morgan fingerprint density at radius 1 is 1.43 bits per heavy atom. The topological polar surface area (TPSA) is 32.3 Å². The van der Waals surface area contributed by atoms with Crippen LogP contribution in [-0.2, 0) is 6.54 Å². The van der Waals surface area contributed by atoms with E-state index in [0.29, 0.717) is 5.75 Å². The van der Waals surface area contributed by atoms with E-state index in [2.05, 4.69) is 28.2 Å². The van der Waals surface area contributed by atoms with Gasteiger partial charge in [0.2, 0.25) is 0 Å². The molecule has 0 fully saturated rings. The quantitative estimate of drug-likeness (QED) is 0.814. The molecule has 1 rings (SSSR count). The molecule has 0 unspecified atom stereocenters. The van der Waals surface area contributed by atoms with Crippen LogP contribution in [0, 0.1) is 6.92 Å². The molecule has 2 nitrogen and oxygen atoms in total. The molecule has 1 aromatic rings. The largest absolute Gasteiger partial charge is 0.506 e. The molecule has 0 bridgehead atoms. The standard InChI is InChI=1S/C11H16BrNO/c1-3-4-13-7-9-5-8(2)6-10(12)11(9)14/h5-6,13-14H,3-4,7H2,1-2H3. The molecule has 0 radical (unpaired) electrons. The average molecular weight is 258 g/mol. The van der Waals surface area contributed by atoms with E-state index in [1.165, 1.54) is 0 Å². The van der Waals surface area contributed by atoms with Crippen molar-refractivity contribution in [3.8, 4) is 5.75 Å². The summed E-state index contributed by atoms with van der Waals surface area (Å²) in [6, 6.07) is 3.92. The Morgan fingerprint density at radius 2 is 2.14 bits per heavy atom. The molecule has 0 heterocycles. The predicted octanol–water partition coefficient (Wildman–Crippen LogP) is 2.96. The van der Waals surface area contributed by atoms with Crippen LogP contribution in [0.15, 0.2) is 16.6 Å². The smallest absolute Gasteiger partial charge is 0.134 e. The zero-order valence-electron chi connectivity index (χ0n) is 8.60. The number of hydrogen-bond donors (Lipinski definition) is 2. The monoisotopic (exact) mass is 257 g/mol. The average Bonchev–Trinajstić information content (AvgIpc) is 2.13. The predicted molar refractivity (Wildman–Crippen MR) is 62.5 cm³/mol. The third-order valence-corrected chi connectivity index (χ3v) is 2.63. The van der Waals surface area contributed by atoms with Gasteiger partial charge in [-0.1, -0.05) is 13.0 Å². The van der Waals surface area contributed by atoms with Crippen molar-refractivity contribution in [2.45, 2.75) is 26.8 Å². The number of phenols is 1. The molecule has 0 aliphatic carbocycles. The van der Waals surface area contributed by atoms with Gasteiger partial charge in [0, 0.05) is 12.1 Å². The highest BCUT2D eigenvalue weighted by Gasteiger charge is 2.05. The van der Waals surface area contributed by atoms with E-state index in [0.717, 1.165) is 35.1 Å². The van der Waals surface area contributed by atoms with Crippen LogP contribution in [-0.4, -0.2) is 11.7 Å². The van der Waals surface area contributed by atoms with E-state index in [1.54, 1.807) is 0 Å². The summed E-state index contributed by atoms with van der Waals surface area (Å²) in [4.78, 5) is 0. The number of phenolic OH excluding ortho intramolecular Hbond substituents is 1. The van der Waals surface area contributed by atoms with Crippen molar-refractivity contribution in [2.75, 3.05) is 6.54 Å². The maximum absolute atomic E-state index is 9.73. The van der Waals surface area contributed by atoms with Gasteiger partial charge < -0.3 is 10.4 Å². The van der Waals surface area contributed by atoms with Gasteiger partial charge >= 0.3 is 0 Å². The van der Waals surface area contributed by atoms with E-state index in [1.807, 2.05) is 19.1 Å². The summed E-state index contributed by atoms with van der Waals surface area (Å²) in [7, 11) is 0. The first kappa shape index (κ1) is 11.5. The number of halogens is 1. The van der Waals surface area contributed by atoms with Crippen LogP contribution in [0.25, 0.3) is 0 Å². The Kier molecular flexibility index (Phi) is 4.42. The summed E-state index contributed by atoms with van der Waals surface area (Å²) < 4.78 is 0.769. The maximum Gasteiger partial charge on any atom is 0.134 e. The molecular weight excluding hydrogens is 242 g/mol. The van der Waals surface area contributed by atoms with Crippen molar-refractivity contribution in [1.82, 2.24) is 5.32 Å². The van der Waals surface area contributed by atoms with Crippen molar-refractivity contribution >= 4 is 15.9 Å². The molecule has 0 aromatic heterocycles. The van der Waals surface area contributed by atoms with Crippen molar-refractivity contribution in [3.63, 3.8) is 0 Å². The van der Waals surface area contributed by atoms with Crippen LogP contribution in [0.5, 0.6) is 5.75 Å². The Hall–Kier alpha value is -0.540. The number of rotatable bonds is 4. The van der Waals surface area contributed by atoms with Crippen LogP contribution in [0.1, 0.15) is 24.5 Å². The first-order valence-corrected chi connectivity index (χ1v) is 5.63. The Balaban J connectivity index is 2.75. The van der Waals surface area contributed by atoms with E-state index < -0.39 is 0 Å². The second kappa shape index (κ2) is 5.37. The van der Waals surface area contributed by atoms with Gasteiger partial charge in [-0.3, -0.25) is 0 Å². The number of nitrogens with one attached hydrogen (secondary N) is 1. The van der Waals surface area contributed by atoms with Gasteiger partial charge in [-0.25, -0.2) is 0 Å². The summed E-state index contributed by atoms with van der Waals surface area (Å²) >= 11 is 3.33. The summed E-state index contributed by atoms with van der Waals surface area (Å²) in [5.41, 5.74) is 2.10. The van der Waals surface area contributed by atoms with Gasteiger partial charge in [0.15, 0.2) is 0 Å². The molecule has 78 valence electrons. The van der Waals surface area contributed by atoms with Crippen molar-refractivity contribution in [1.29, 1.82) is 0 Å². The molecule has 0 spiro atoms. The van der Waals surface area contributed by atoms with Crippen LogP contribution >= 0.6 is 15.9 Å². The fraction of sp³-hybridized carbons (Fsp3) is 0.455. The number of hydrogen-bond acceptors (Lipinski definition) is 2. The lowest BCUT2D eigenvalue weighted by molar-refractivity contribution is 0.461.